The average Bonchev–Trinajstić information content (AvgIpc) is 2.68. The summed E-state index contributed by atoms with van der Waals surface area (Å²) in [6.45, 7) is 27.7. The van der Waals surface area contributed by atoms with Gasteiger partial charge in [0.05, 0.1) is 6.61 Å². The molecule has 0 saturated heterocycles. The van der Waals surface area contributed by atoms with E-state index in [2.05, 4.69) is 39.9 Å². The quantitative estimate of drug-likeness (QED) is 0.463. The number of ether oxygens (including phenoxy) is 1. The number of hydrogen-bond donors (Lipinski definition) is 0. The standard InChI is InChI=1S/C11H12O.5CO.Cr/c1-2-3-9-12-10-11-7-5-4-6-8-11;5*1-2;/h2-8H,10H2,1H3;;;;;;/b3-2+;;;;;;. The maximum atomic E-state index is 7.50. The number of benzene rings is 1. The van der Waals surface area contributed by atoms with E-state index in [1.165, 1.54) is 0 Å². The van der Waals surface area contributed by atoms with Gasteiger partial charge in [-0.3, -0.25) is 0 Å². The van der Waals surface area contributed by atoms with Crippen molar-refractivity contribution in [1.82, 2.24) is 0 Å². The van der Waals surface area contributed by atoms with Crippen molar-refractivity contribution < 1.29 is 45.4 Å². The summed E-state index contributed by atoms with van der Waals surface area (Å²) in [5, 5.41) is 0. The van der Waals surface area contributed by atoms with E-state index in [0.29, 0.717) is 6.61 Å². The molecule has 0 unspecified atom stereocenters. The third kappa shape index (κ3) is 45.0. The van der Waals surface area contributed by atoms with Crippen LogP contribution in [0.5, 0.6) is 0 Å². The summed E-state index contributed by atoms with van der Waals surface area (Å²) in [4.78, 5) is 0. The molecule has 0 aliphatic heterocycles. The zero-order chi connectivity index (χ0) is 18.6. The first kappa shape index (κ1) is 37.4. The molecule has 0 bridgehead atoms. The molecule has 1 aromatic rings. The van der Waals surface area contributed by atoms with E-state index in [4.69, 9.17) is 28.0 Å². The summed E-state index contributed by atoms with van der Waals surface area (Å²) in [6, 6.07) is 10.0. The monoisotopic (exact) mass is 352 g/mol. The van der Waals surface area contributed by atoms with Crippen LogP contribution in [0.1, 0.15) is 12.5 Å². The van der Waals surface area contributed by atoms with E-state index in [1.807, 2.05) is 43.3 Å². The number of hydrogen-bond acceptors (Lipinski definition) is 1. The van der Waals surface area contributed by atoms with Gasteiger partial charge in [-0.1, -0.05) is 42.5 Å². The molecule has 0 N–H and O–H groups in total. The van der Waals surface area contributed by atoms with Gasteiger partial charge in [-0.2, -0.15) is 0 Å². The SMILES string of the molecule is C/C=C/[C]OCc1ccccc1.[C-]#[O+].[C-]#[O+].[C-]#[O+].[C-]#[O+].[C-]#[O+].[Cr]. The molecule has 6 nitrogen and oxygen atoms in total. The Bertz CT molecular complexity index is 383. The van der Waals surface area contributed by atoms with Crippen molar-refractivity contribution in [2.75, 3.05) is 0 Å². The molecular formula is C16H12CrO6. The van der Waals surface area contributed by atoms with Gasteiger partial charge in [0.1, 0.15) is 0 Å². The summed E-state index contributed by atoms with van der Waals surface area (Å²) in [5.41, 5.74) is 1.16. The summed E-state index contributed by atoms with van der Waals surface area (Å²) in [7, 11) is 0. The van der Waals surface area contributed by atoms with E-state index in [1.54, 1.807) is 6.08 Å². The van der Waals surface area contributed by atoms with Crippen molar-refractivity contribution in [3.8, 4) is 0 Å². The Balaban J connectivity index is -0.0000000565. The minimum absolute atomic E-state index is 0. The Labute approximate surface area is 147 Å². The van der Waals surface area contributed by atoms with Crippen LogP contribution in [0.2, 0.25) is 0 Å². The van der Waals surface area contributed by atoms with Gasteiger partial charge in [-0.25, -0.2) is 0 Å². The Hall–Kier alpha value is -1.85. The van der Waals surface area contributed by atoms with Crippen LogP contribution in [0.3, 0.4) is 0 Å². The van der Waals surface area contributed by atoms with Gasteiger partial charge in [0.15, 0.2) is 6.61 Å². The molecule has 0 aromatic heterocycles. The molecule has 1 aromatic carbocycles. The summed E-state index contributed by atoms with van der Waals surface area (Å²) in [5.74, 6) is 0. The molecular weight excluding hydrogens is 340 g/mol. The average molecular weight is 352 g/mol. The summed E-state index contributed by atoms with van der Waals surface area (Å²) in [6.07, 6.45) is 3.63. The van der Waals surface area contributed by atoms with Crippen molar-refractivity contribution in [2.24, 2.45) is 0 Å². The molecule has 23 heavy (non-hydrogen) atoms. The molecule has 0 saturated carbocycles. The van der Waals surface area contributed by atoms with Gasteiger partial charge in [0.25, 0.3) is 0 Å². The van der Waals surface area contributed by atoms with Crippen LogP contribution >= 0.6 is 0 Å². The van der Waals surface area contributed by atoms with E-state index in [0.717, 1.165) is 5.56 Å². The molecule has 0 aliphatic carbocycles. The van der Waals surface area contributed by atoms with Gasteiger partial charge >= 0.3 is 56.5 Å². The fraction of sp³-hybridized carbons (Fsp3) is 0.125. The van der Waals surface area contributed by atoms with Crippen LogP contribution in [-0.4, -0.2) is 0 Å². The number of rotatable bonds is 4. The molecule has 0 atom stereocenters. The third-order valence-electron chi connectivity index (χ3n) is 1.40. The first-order valence-corrected chi connectivity index (χ1v) is 4.98. The molecule has 1 rings (SSSR count). The van der Waals surface area contributed by atoms with Crippen molar-refractivity contribution >= 4 is 0 Å². The molecule has 2 radical (unpaired) electrons. The van der Waals surface area contributed by atoms with E-state index < -0.39 is 0 Å². The van der Waals surface area contributed by atoms with Crippen LogP contribution in [0.25, 0.3) is 0 Å². The van der Waals surface area contributed by atoms with Crippen LogP contribution in [0, 0.1) is 39.9 Å². The van der Waals surface area contributed by atoms with Crippen LogP contribution in [-0.2, 0) is 52.0 Å². The van der Waals surface area contributed by atoms with Gasteiger partial charge in [0, 0.05) is 17.4 Å². The van der Waals surface area contributed by atoms with Crippen LogP contribution in [0.4, 0.5) is 0 Å². The Morgan fingerprint density at radius 1 is 0.870 bits per heavy atom. The molecule has 0 amide bonds. The Morgan fingerprint density at radius 2 is 1.26 bits per heavy atom. The molecule has 0 heterocycles. The van der Waals surface area contributed by atoms with Gasteiger partial charge in [-0.05, 0) is 12.5 Å². The maximum absolute atomic E-state index is 7.50. The minimum Gasteiger partial charge on any atom is 0 e. The molecule has 0 aliphatic rings. The van der Waals surface area contributed by atoms with Gasteiger partial charge < -0.3 is 4.74 Å². The topological polar surface area (TPSA) is 109 Å². The van der Waals surface area contributed by atoms with E-state index >= 15 is 0 Å². The predicted octanol–water partition coefficient (Wildman–Crippen LogP) is 2.63. The van der Waals surface area contributed by atoms with E-state index in [9.17, 15) is 0 Å². The summed E-state index contributed by atoms with van der Waals surface area (Å²) >= 11 is 0. The largest absolute Gasteiger partial charge is 0 e. The van der Waals surface area contributed by atoms with Gasteiger partial charge in [0.2, 0.25) is 0 Å². The minimum atomic E-state index is 0. The second-order valence-electron chi connectivity index (χ2n) is 2.39. The molecule has 0 fully saturated rings. The second-order valence-corrected chi connectivity index (χ2v) is 2.39. The predicted molar refractivity (Wildman–Crippen MR) is 68.9 cm³/mol. The Kier molecular flexibility index (Phi) is 96.7. The first-order chi connectivity index (χ1) is 10.9. The summed E-state index contributed by atoms with van der Waals surface area (Å²) < 4.78 is 42.6. The van der Waals surface area contributed by atoms with Crippen molar-refractivity contribution in [3.05, 3.63) is 87.9 Å². The third-order valence-corrected chi connectivity index (χ3v) is 1.40. The molecule has 0 spiro atoms. The van der Waals surface area contributed by atoms with Crippen molar-refractivity contribution in [3.63, 3.8) is 0 Å². The Morgan fingerprint density at radius 3 is 1.61 bits per heavy atom. The molecule has 7 heteroatoms. The zero-order valence-corrected chi connectivity index (χ0v) is 13.4. The normalized spacial score (nSPS) is 6.04. The van der Waals surface area contributed by atoms with Crippen LogP contribution in [0.15, 0.2) is 42.5 Å². The second kappa shape index (κ2) is 59.4. The first-order valence-electron chi connectivity index (χ1n) is 4.98. The van der Waals surface area contributed by atoms with E-state index in [-0.39, 0.29) is 17.4 Å². The van der Waals surface area contributed by atoms with Gasteiger partial charge in [-0.15, -0.1) is 0 Å². The number of allylic oxidation sites excluding steroid dienone is 1. The van der Waals surface area contributed by atoms with Crippen LogP contribution < -0.4 is 0 Å². The fourth-order valence-corrected chi connectivity index (χ4v) is 0.815. The van der Waals surface area contributed by atoms with Crippen molar-refractivity contribution in [2.45, 2.75) is 13.5 Å². The zero-order valence-electron chi connectivity index (χ0n) is 12.1. The fourth-order valence-electron chi connectivity index (χ4n) is 0.815. The maximum Gasteiger partial charge on any atom is 0 e. The van der Waals surface area contributed by atoms with Crippen molar-refractivity contribution in [1.29, 1.82) is 0 Å². The molecule has 118 valence electrons. The smallest absolute Gasteiger partial charge is 0 e.